The largest absolute Gasteiger partial charge is 0.366 e. The van der Waals surface area contributed by atoms with Crippen molar-refractivity contribution >= 4 is 41.0 Å². The Balaban J connectivity index is 2.06. The summed E-state index contributed by atoms with van der Waals surface area (Å²) in [6.07, 6.45) is 1.42. The SMILES string of the molecule is CC(C)(C)C(=O)/C=C1\SCC(=O)N1CC(=O)Nc1ccc(C(N)=O)cc1. The van der Waals surface area contributed by atoms with Gasteiger partial charge in [-0.3, -0.25) is 24.1 Å². The molecule has 0 spiro atoms. The van der Waals surface area contributed by atoms with Crippen molar-refractivity contribution in [2.45, 2.75) is 20.8 Å². The second-order valence-corrected chi connectivity index (χ2v) is 7.85. The molecule has 0 atom stereocenters. The van der Waals surface area contributed by atoms with Crippen LogP contribution in [0.15, 0.2) is 35.4 Å². The predicted octanol–water partition coefficient (Wildman–Crippen LogP) is 1.76. The van der Waals surface area contributed by atoms with Gasteiger partial charge in [0.15, 0.2) is 5.78 Å². The highest BCUT2D eigenvalue weighted by Crippen LogP contribution is 2.30. The van der Waals surface area contributed by atoms with Crippen LogP contribution >= 0.6 is 11.8 Å². The molecule has 138 valence electrons. The van der Waals surface area contributed by atoms with Gasteiger partial charge in [0.05, 0.1) is 10.8 Å². The smallest absolute Gasteiger partial charge is 0.248 e. The van der Waals surface area contributed by atoms with Gasteiger partial charge in [-0.05, 0) is 24.3 Å². The molecular weight excluding hydrogens is 354 g/mol. The van der Waals surface area contributed by atoms with Crippen LogP contribution in [0.25, 0.3) is 0 Å². The molecule has 1 saturated heterocycles. The van der Waals surface area contributed by atoms with Crippen molar-refractivity contribution in [2.24, 2.45) is 11.1 Å². The minimum absolute atomic E-state index is 0.109. The number of carbonyl (C=O) groups is 4. The third kappa shape index (κ3) is 4.95. The highest BCUT2D eigenvalue weighted by Gasteiger charge is 2.30. The van der Waals surface area contributed by atoms with Gasteiger partial charge in [-0.25, -0.2) is 0 Å². The Morgan fingerprint density at radius 1 is 1.23 bits per heavy atom. The molecule has 1 heterocycles. The van der Waals surface area contributed by atoms with Crippen molar-refractivity contribution in [3.8, 4) is 0 Å². The first-order valence-corrected chi connectivity index (χ1v) is 8.95. The lowest BCUT2D eigenvalue weighted by Gasteiger charge is -2.19. The number of benzene rings is 1. The number of anilines is 1. The van der Waals surface area contributed by atoms with E-state index in [-0.39, 0.29) is 24.0 Å². The molecule has 0 aromatic heterocycles. The van der Waals surface area contributed by atoms with Crippen LogP contribution in [-0.4, -0.2) is 40.7 Å². The zero-order chi connectivity index (χ0) is 19.5. The minimum Gasteiger partial charge on any atom is -0.366 e. The number of ketones is 1. The molecule has 0 saturated carbocycles. The Kier molecular flexibility index (Phi) is 5.86. The van der Waals surface area contributed by atoms with E-state index in [1.54, 1.807) is 32.9 Å². The van der Waals surface area contributed by atoms with Gasteiger partial charge in [0, 0.05) is 22.7 Å². The standard InChI is InChI=1S/C18H21N3O4S/c1-18(2,3)13(22)8-16-21(15(24)10-26-16)9-14(23)20-12-6-4-11(5-7-12)17(19)25/h4-8H,9-10H2,1-3H3,(H2,19,25)(H,20,23)/b16-8-. The molecule has 1 aromatic carbocycles. The van der Waals surface area contributed by atoms with Crippen molar-refractivity contribution in [2.75, 3.05) is 17.6 Å². The topological polar surface area (TPSA) is 110 Å². The normalized spacial score (nSPS) is 16.0. The van der Waals surface area contributed by atoms with E-state index < -0.39 is 17.2 Å². The molecule has 0 aliphatic carbocycles. The average molecular weight is 375 g/mol. The molecule has 3 amide bonds. The molecule has 0 bridgehead atoms. The van der Waals surface area contributed by atoms with E-state index in [0.717, 1.165) is 0 Å². The van der Waals surface area contributed by atoms with E-state index in [0.29, 0.717) is 16.3 Å². The zero-order valence-corrected chi connectivity index (χ0v) is 15.7. The number of hydrogen-bond donors (Lipinski definition) is 2. The first-order valence-electron chi connectivity index (χ1n) is 7.97. The van der Waals surface area contributed by atoms with E-state index in [9.17, 15) is 19.2 Å². The molecule has 7 nitrogen and oxygen atoms in total. The summed E-state index contributed by atoms with van der Waals surface area (Å²) < 4.78 is 0. The van der Waals surface area contributed by atoms with Crippen LogP contribution in [0, 0.1) is 5.41 Å². The summed E-state index contributed by atoms with van der Waals surface area (Å²) in [7, 11) is 0. The molecule has 1 aliphatic heterocycles. The van der Waals surface area contributed by atoms with Crippen molar-refractivity contribution in [3.05, 3.63) is 40.9 Å². The van der Waals surface area contributed by atoms with E-state index >= 15 is 0 Å². The van der Waals surface area contributed by atoms with Gasteiger partial charge >= 0.3 is 0 Å². The summed E-state index contributed by atoms with van der Waals surface area (Å²) in [6.45, 7) is 5.19. The van der Waals surface area contributed by atoms with Crippen molar-refractivity contribution in [1.82, 2.24) is 4.90 Å². The van der Waals surface area contributed by atoms with E-state index in [1.165, 1.54) is 34.9 Å². The number of carbonyl (C=O) groups excluding carboxylic acids is 4. The second kappa shape index (κ2) is 7.74. The number of primary amides is 1. The van der Waals surface area contributed by atoms with E-state index in [4.69, 9.17) is 5.73 Å². The van der Waals surface area contributed by atoms with Crippen molar-refractivity contribution < 1.29 is 19.2 Å². The lowest BCUT2D eigenvalue weighted by atomic mass is 9.91. The first kappa shape index (κ1) is 19.7. The number of hydrogen-bond acceptors (Lipinski definition) is 5. The van der Waals surface area contributed by atoms with Crippen LogP contribution in [0.1, 0.15) is 31.1 Å². The number of nitrogens with two attached hydrogens (primary N) is 1. The summed E-state index contributed by atoms with van der Waals surface area (Å²) in [4.78, 5) is 48.8. The Hall–Kier alpha value is -2.61. The van der Waals surface area contributed by atoms with Crippen LogP contribution in [0.2, 0.25) is 0 Å². The monoisotopic (exact) mass is 375 g/mol. The van der Waals surface area contributed by atoms with Gasteiger partial charge in [0.1, 0.15) is 6.54 Å². The third-order valence-corrected chi connectivity index (χ3v) is 4.68. The van der Waals surface area contributed by atoms with Gasteiger partial charge in [-0.1, -0.05) is 32.5 Å². The van der Waals surface area contributed by atoms with Crippen LogP contribution in [0.5, 0.6) is 0 Å². The fourth-order valence-corrected chi connectivity index (χ4v) is 3.03. The number of thioether (sulfide) groups is 1. The summed E-state index contributed by atoms with van der Waals surface area (Å²) in [5.41, 5.74) is 5.42. The minimum atomic E-state index is -0.560. The highest BCUT2D eigenvalue weighted by molar-refractivity contribution is 8.04. The van der Waals surface area contributed by atoms with Crippen molar-refractivity contribution in [1.29, 1.82) is 0 Å². The molecule has 26 heavy (non-hydrogen) atoms. The lowest BCUT2D eigenvalue weighted by molar-refractivity contribution is -0.129. The summed E-state index contributed by atoms with van der Waals surface area (Å²) in [6, 6.07) is 6.11. The Labute approximate surface area is 156 Å². The maximum atomic E-state index is 12.2. The Morgan fingerprint density at radius 2 is 1.85 bits per heavy atom. The van der Waals surface area contributed by atoms with Gasteiger partial charge in [-0.2, -0.15) is 0 Å². The average Bonchev–Trinajstić information content (AvgIpc) is 2.87. The molecular formula is C18H21N3O4S. The highest BCUT2D eigenvalue weighted by atomic mass is 32.2. The third-order valence-electron chi connectivity index (χ3n) is 3.66. The van der Waals surface area contributed by atoms with Gasteiger partial charge in [0.2, 0.25) is 17.7 Å². The molecule has 1 aliphatic rings. The number of nitrogens with zero attached hydrogens (tertiary/aromatic N) is 1. The van der Waals surface area contributed by atoms with Crippen LogP contribution in [0.4, 0.5) is 5.69 Å². The summed E-state index contributed by atoms with van der Waals surface area (Å²) >= 11 is 1.24. The first-order chi connectivity index (χ1) is 12.1. The maximum Gasteiger partial charge on any atom is 0.248 e. The van der Waals surface area contributed by atoms with Crippen LogP contribution in [0.3, 0.4) is 0 Å². The zero-order valence-electron chi connectivity index (χ0n) is 14.9. The quantitative estimate of drug-likeness (QED) is 0.762. The number of allylic oxidation sites excluding steroid dienone is 1. The molecule has 3 N–H and O–H groups in total. The summed E-state index contributed by atoms with van der Waals surface area (Å²) in [5.74, 6) is -1.09. The molecule has 8 heteroatoms. The number of amides is 3. The van der Waals surface area contributed by atoms with Gasteiger partial charge < -0.3 is 11.1 Å². The fraction of sp³-hybridized carbons (Fsp3) is 0.333. The van der Waals surface area contributed by atoms with Gasteiger partial charge in [0.25, 0.3) is 0 Å². The van der Waals surface area contributed by atoms with Gasteiger partial charge in [-0.15, -0.1) is 0 Å². The number of rotatable bonds is 5. The maximum absolute atomic E-state index is 12.2. The molecule has 1 aromatic rings. The van der Waals surface area contributed by atoms with E-state index in [1.807, 2.05) is 0 Å². The summed E-state index contributed by atoms with van der Waals surface area (Å²) in [5, 5.41) is 3.13. The fourth-order valence-electron chi connectivity index (χ4n) is 2.09. The molecule has 0 radical (unpaired) electrons. The Bertz CT molecular complexity index is 779. The second-order valence-electron chi connectivity index (χ2n) is 6.86. The van der Waals surface area contributed by atoms with E-state index in [2.05, 4.69) is 5.32 Å². The van der Waals surface area contributed by atoms with Crippen LogP contribution in [-0.2, 0) is 14.4 Å². The molecule has 2 rings (SSSR count). The lowest BCUT2D eigenvalue weighted by Crippen LogP contribution is -2.34. The van der Waals surface area contributed by atoms with Crippen molar-refractivity contribution in [3.63, 3.8) is 0 Å². The number of nitrogens with one attached hydrogen (secondary N) is 1. The predicted molar refractivity (Wildman–Crippen MR) is 100 cm³/mol. The molecule has 0 unspecified atom stereocenters. The Morgan fingerprint density at radius 3 is 2.38 bits per heavy atom. The molecule has 1 fully saturated rings. The van der Waals surface area contributed by atoms with Crippen LogP contribution < -0.4 is 11.1 Å².